The third-order valence-electron chi connectivity index (χ3n) is 1.90. The maximum absolute atomic E-state index is 11.0. The highest BCUT2D eigenvalue weighted by molar-refractivity contribution is 6.41. The van der Waals surface area contributed by atoms with Gasteiger partial charge in [0.1, 0.15) is 21.4 Å². The minimum Gasteiger partial charge on any atom is -0.509 e. The standard InChI is InChI=1S/C8H10B2O2/c1-4(11)5-2-6(9)8(12)7(10)3-5/h2-3,12H,9-10H2,1H3. The zero-order valence-corrected chi connectivity index (χ0v) is 7.51. The fourth-order valence-electron chi connectivity index (χ4n) is 1.16. The Morgan fingerprint density at radius 2 is 1.75 bits per heavy atom. The van der Waals surface area contributed by atoms with Gasteiger partial charge in [0, 0.05) is 5.56 Å². The zero-order chi connectivity index (χ0) is 9.30. The molecule has 0 saturated heterocycles. The monoisotopic (exact) mass is 160 g/mol. The number of phenolic OH excluding ortho intramolecular Hbond substituents is 1. The summed E-state index contributed by atoms with van der Waals surface area (Å²) in [4.78, 5) is 11.0. The lowest BCUT2D eigenvalue weighted by Crippen LogP contribution is -2.17. The first kappa shape index (κ1) is 8.91. The summed E-state index contributed by atoms with van der Waals surface area (Å²) in [5.74, 6) is 0.307. The van der Waals surface area contributed by atoms with E-state index in [1.165, 1.54) is 6.92 Å². The summed E-state index contributed by atoms with van der Waals surface area (Å²) < 4.78 is 0. The lowest BCUT2D eigenvalue weighted by Gasteiger charge is -2.05. The van der Waals surface area contributed by atoms with Crippen LogP contribution in [-0.4, -0.2) is 26.6 Å². The van der Waals surface area contributed by atoms with Crippen molar-refractivity contribution in [3.05, 3.63) is 17.7 Å². The van der Waals surface area contributed by atoms with Crippen molar-refractivity contribution < 1.29 is 9.90 Å². The third kappa shape index (κ3) is 1.52. The van der Waals surface area contributed by atoms with Crippen LogP contribution >= 0.6 is 0 Å². The largest absolute Gasteiger partial charge is 0.509 e. The molecule has 1 aromatic rings. The van der Waals surface area contributed by atoms with Crippen LogP contribution in [0.4, 0.5) is 0 Å². The number of benzene rings is 1. The number of hydrogen-bond donors (Lipinski definition) is 1. The first-order valence-corrected chi connectivity index (χ1v) is 3.83. The molecule has 12 heavy (non-hydrogen) atoms. The fraction of sp³-hybridized carbons (Fsp3) is 0.125. The van der Waals surface area contributed by atoms with Gasteiger partial charge in [-0.25, -0.2) is 0 Å². The highest BCUT2D eigenvalue weighted by Crippen LogP contribution is 2.03. The highest BCUT2D eigenvalue weighted by Gasteiger charge is 2.05. The molecule has 1 N–H and O–H groups in total. The molecule has 0 amide bonds. The Morgan fingerprint density at radius 3 is 2.08 bits per heavy atom. The summed E-state index contributed by atoms with van der Waals surface area (Å²) >= 11 is 0. The lowest BCUT2D eigenvalue weighted by atomic mass is 9.83. The zero-order valence-electron chi connectivity index (χ0n) is 7.51. The molecular weight excluding hydrogens is 150 g/mol. The summed E-state index contributed by atoms with van der Waals surface area (Å²) in [6, 6.07) is 3.40. The second-order valence-corrected chi connectivity index (χ2v) is 3.01. The summed E-state index contributed by atoms with van der Waals surface area (Å²) in [7, 11) is 3.57. The normalized spacial score (nSPS) is 9.75. The molecule has 0 aliphatic heterocycles. The molecule has 0 bridgehead atoms. The Kier molecular flexibility index (Phi) is 2.27. The lowest BCUT2D eigenvalue weighted by molar-refractivity contribution is 0.101. The smallest absolute Gasteiger partial charge is 0.159 e. The molecule has 0 heterocycles. The van der Waals surface area contributed by atoms with Gasteiger partial charge in [-0.2, -0.15) is 0 Å². The predicted octanol–water partition coefficient (Wildman–Crippen LogP) is -1.89. The van der Waals surface area contributed by atoms with Gasteiger partial charge >= 0.3 is 0 Å². The molecule has 0 fully saturated rings. The molecule has 0 atom stereocenters. The number of phenols is 1. The molecule has 60 valence electrons. The molecule has 0 aliphatic carbocycles. The molecule has 0 radical (unpaired) electrons. The second-order valence-electron chi connectivity index (χ2n) is 3.01. The van der Waals surface area contributed by atoms with Gasteiger partial charge in [0.05, 0.1) is 0 Å². The molecule has 1 aromatic carbocycles. The predicted molar refractivity (Wildman–Crippen MR) is 54.5 cm³/mol. The number of rotatable bonds is 1. The van der Waals surface area contributed by atoms with Gasteiger partial charge in [0.2, 0.25) is 0 Å². The average molecular weight is 160 g/mol. The van der Waals surface area contributed by atoms with Crippen molar-refractivity contribution in [1.82, 2.24) is 0 Å². The topological polar surface area (TPSA) is 37.3 Å². The summed E-state index contributed by atoms with van der Waals surface area (Å²) in [6.45, 7) is 1.52. The van der Waals surface area contributed by atoms with Crippen LogP contribution in [-0.2, 0) is 0 Å². The van der Waals surface area contributed by atoms with E-state index in [4.69, 9.17) is 0 Å². The van der Waals surface area contributed by atoms with Crippen LogP contribution in [0.15, 0.2) is 12.1 Å². The van der Waals surface area contributed by atoms with Crippen LogP contribution < -0.4 is 10.9 Å². The van der Waals surface area contributed by atoms with Gasteiger partial charge in [-0.1, -0.05) is 12.1 Å². The van der Waals surface area contributed by atoms with Crippen molar-refractivity contribution in [3.8, 4) is 5.75 Å². The van der Waals surface area contributed by atoms with Crippen LogP contribution in [0.5, 0.6) is 5.75 Å². The third-order valence-corrected chi connectivity index (χ3v) is 1.90. The van der Waals surface area contributed by atoms with E-state index in [9.17, 15) is 9.90 Å². The summed E-state index contributed by atoms with van der Waals surface area (Å²) in [6.07, 6.45) is 0. The Hall–Kier alpha value is -1.18. The first-order valence-electron chi connectivity index (χ1n) is 3.83. The summed E-state index contributed by atoms with van der Waals surface area (Å²) in [5, 5.41) is 9.40. The second kappa shape index (κ2) is 3.05. The van der Waals surface area contributed by atoms with Gasteiger partial charge < -0.3 is 5.11 Å². The maximum atomic E-state index is 11.0. The number of aromatic hydroxyl groups is 1. The van der Waals surface area contributed by atoms with Crippen LogP contribution in [0.25, 0.3) is 0 Å². The quantitative estimate of drug-likeness (QED) is 0.385. The molecule has 2 nitrogen and oxygen atoms in total. The number of hydrogen-bond acceptors (Lipinski definition) is 2. The van der Waals surface area contributed by atoms with E-state index < -0.39 is 0 Å². The van der Waals surface area contributed by atoms with Crippen molar-refractivity contribution in [3.63, 3.8) is 0 Å². The van der Waals surface area contributed by atoms with E-state index >= 15 is 0 Å². The number of ketones is 1. The Bertz CT molecular complexity index is 311. The SMILES string of the molecule is Bc1cc(C(C)=O)cc(B)c1O. The average Bonchev–Trinajstić information content (AvgIpc) is 1.99. The van der Waals surface area contributed by atoms with Crippen LogP contribution in [0.1, 0.15) is 17.3 Å². The molecule has 0 saturated carbocycles. The van der Waals surface area contributed by atoms with Gasteiger partial charge in [-0.3, -0.25) is 4.79 Å². The number of Topliss-reactive ketones (excluding diaryl/α,β-unsaturated/α-hetero) is 1. The minimum atomic E-state index is 0.0289. The van der Waals surface area contributed by atoms with E-state index in [-0.39, 0.29) is 11.5 Å². The molecule has 0 aliphatic rings. The number of carbonyl (C=O) groups is 1. The molecule has 0 spiro atoms. The van der Waals surface area contributed by atoms with Gasteiger partial charge in [-0.05, 0) is 17.8 Å². The van der Waals surface area contributed by atoms with Crippen LogP contribution in [0.2, 0.25) is 0 Å². The Labute approximate surface area is 73.4 Å². The highest BCUT2D eigenvalue weighted by atomic mass is 16.3. The Balaban J connectivity index is 3.31. The van der Waals surface area contributed by atoms with Crippen molar-refractivity contribution >= 4 is 32.4 Å². The minimum absolute atomic E-state index is 0.0289. The van der Waals surface area contributed by atoms with Crippen molar-refractivity contribution in [2.45, 2.75) is 6.92 Å². The molecular formula is C8H10B2O2. The fourth-order valence-corrected chi connectivity index (χ4v) is 1.16. The molecule has 1 rings (SSSR count). The first-order chi connectivity index (χ1) is 5.52. The molecule has 4 heteroatoms. The van der Waals surface area contributed by atoms with Crippen molar-refractivity contribution in [2.24, 2.45) is 0 Å². The van der Waals surface area contributed by atoms with Gasteiger partial charge in [0.15, 0.2) is 5.78 Å². The van der Waals surface area contributed by atoms with E-state index in [1.807, 2.05) is 0 Å². The summed E-state index contributed by atoms with van der Waals surface area (Å²) in [5.41, 5.74) is 2.16. The van der Waals surface area contributed by atoms with Gasteiger partial charge in [0.25, 0.3) is 0 Å². The van der Waals surface area contributed by atoms with Crippen LogP contribution in [0, 0.1) is 0 Å². The molecule has 0 unspecified atom stereocenters. The van der Waals surface area contributed by atoms with Gasteiger partial charge in [-0.15, -0.1) is 0 Å². The van der Waals surface area contributed by atoms with Crippen molar-refractivity contribution in [1.29, 1.82) is 0 Å². The molecule has 0 aromatic heterocycles. The van der Waals surface area contributed by atoms with Crippen molar-refractivity contribution in [2.75, 3.05) is 0 Å². The van der Waals surface area contributed by atoms with E-state index in [2.05, 4.69) is 0 Å². The van der Waals surface area contributed by atoms with E-state index in [0.717, 1.165) is 10.9 Å². The van der Waals surface area contributed by atoms with Crippen LogP contribution in [0.3, 0.4) is 0 Å². The van der Waals surface area contributed by atoms with E-state index in [1.54, 1.807) is 27.8 Å². The van der Waals surface area contributed by atoms with E-state index in [0.29, 0.717) is 5.56 Å². The Morgan fingerprint density at radius 1 is 1.33 bits per heavy atom. The maximum Gasteiger partial charge on any atom is 0.159 e. The number of carbonyl (C=O) groups excluding carboxylic acids is 1.